The molecule has 0 fully saturated rings. The van der Waals surface area contributed by atoms with Crippen molar-refractivity contribution in [2.75, 3.05) is 11.1 Å². The van der Waals surface area contributed by atoms with Gasteiger partial charge in [0.05, 0.1) is 22.4 Å². The molecule has 0 aliphatic carbocycles. The number of benzene rings is 1. The van der Waals surface area contributed by atoms with E-state index in [0.717, 1.165) is 10.7 Å². The lowest BCUT2D eigenvalue weighted by atomic mass is 10.2. The maximum Gasteiger partial charge on any atom is 0.225 e. The van der Waals surface area contributed by atoms with Gasteiger partial charge in [-0.1, -0.05) is 0 Å². The van der Waals surface area contributed by atoms with E-state index in [2.05, 4.69) is 10.4 Å². The van der Waals surface area contributed by atoms with Gasteiger partial charge in [-0.25, -0.2) is 0 Å². The number of hydrogen-bond acceptors (Lipinski definition) is 4. The Morgan fingerprint density at radius 1 is 1.43 bits per heavy atom. The van der Waals surface area contributed by atoms with Crippen LogP contribution in [0.3, 0.4) is 0 Å². The highest BCUT2D eigenvalue weighted by molar-refractivity contribution is 7.99. The molecule has 1 aromatic heterocycles. The first-order valence-corrected chi connectivity index (χ1v) is 7.50. The lowest BCUT2D eigenvalue weighted by Gasteiger charge is -2.05. The Morgan fingerprint density at radius 3 is 2.71 bits per heavy atom. The van der Waals surface area contributed by atoms with Gasteiger partial charge in [-0.2, -0.15) is 10.4 Å². The molecule has 1 heterocycles. The summed E-state index contributed by atoms with van der Waals surface area (Å²) in [4.78, 5) is 11.8. The number of aryl methyl sites for hydroxylation is 2. The van der Waals surface area contributed by atoms with Crippen molar-refractivity contribution in [3.63, 3.8) is 0 Å². The van der Waals surface area contributed by atoms with Crippen molar-refractivity contribution < 1.29 is 4.79 Å². The largest absolute Gasteiger partial charge is 0.326 e. The minimum Gasteiger partial charge on any atom is -0.326 e. The second-order valence-electron chi connectivity index (χ2n) is 4.58. The standard InChI is InChI=1S/C15H16N4OS/c1-11-9-15(19(2)18-11)21-8-7-14(20)17-13-5-3-12(10-16)4-6-13/h3-6,9H,7-8H2,1-2H3,(H,17,20). The van der Waals surface area contributed by atoms with E-state index < -0.39 is 0 Å². The smallest absolute Gasteiger partial charge is 0.225 e. The number of rotatable bonds is 5. The van der Waals surface area contributed by atoms with E-state index in [1.165, 1.54) is 0 Å². The minimum atomic E-state index is -0.0360. The van der Waals surface area contributed by atoms with Gasteiger partial charge < -0.3 is 5.32 Å². The monoisotopic (exact) mass is 300 g/mol. The number of thioether (sulfide) groups is 1. The SMILES string of the molecule is Cc1cc(SCCC(=O)Nc2ccc(C#N)cc2)n(C)n1. The van der Waals surface area contributed by atoms with Gasteiger partial charge in [0.15, 0.2) is 0 Å². The van der Waals surface area contributed by atoms with Gasteiger partial charge in [0, 0.05) is 24.9 Å². The van der Waals surface area contributed by atoms with E-state index in [1.54, 1.807) is 36.0 Å². The van der Waals surface area contributed by atoms with E-state index >= 15 is 0 Å². The molecule has 2 aromatic rings. The Labute approximate surface area is 128 Å². The van der Waals surface area contributed by atoms with Gasteiger partial charge in [0.25, 0.3) is 0 Å². The number of nitrogens with one attached hydrogen (secondary N) is 1. The van der Waals surface area contributed by atoms with Crippen LogP contribution in [0.5, 0.6) is 0 Å². The molecule has 21 heavy (non-hydrogen) atoms. The lowest BCUT2D eigenvalue weighted by molar-refractivity contribution is -0.115. The van der Waals surface area contributed by atoms with E-state index in [1.807, 2.05) is 30.8 Å². The Kier molecular flexibility index (Phi) is 5.01. The second-order valence-corrected chi connectivity index (χ2v) is 5.70. The Morgan fingerprint density at radius 2 is 2.14 bits per heavy atom. The van der Waals surface area contributed by atoms with Crippen molar-refractivity contribution in [3.8, 4) is 6.07 Å². The van der Waals surface area contributed by atoms with Crippen molar-refractivity contribution in [3.05, 3.63) is 41.6 Å². The summed E-state index contributed by atoms with van der Waals surface area (Å²) in [5, 5.41) is 16.8. The quantitative estimate of drug-likeness (QED) is 0.862. The van der Waals surface area contributed by atoms with Crippen molar-refractivity contribution in [2.45, 2.75) is 18.4 Å². The Balaban J connectivity index is 1.79. The summed E-state index contributed by atoms with van der Waals surface area (Å²) in [6.07, 6.45) is 0.425. The molecule has 6 heteroatoms. The molecular formula is C15H16N4OS. The zero-order valence-corrected chi connectivity index (χ0v) is 12.8. The van der Waals surface area contributed by atoms with Crippen LogP contribution in [-0.4, -0.2) is 21.4 Å². The molecule has 1 amide bonds. The highest BCUT2D eigenvalue weighted by Crippen LogP contribution is 2.19. The average molecular weight is 300 g/mol. The van der Waals surface area contributed by atoms with Crippen LogP contribution in [0.1, 0.15) is 17.7 Å². The summed E-state index contributed by atoms with van der Waals surface area (Å²) in [5.74, 6) is 0.660. The molecule has 0 saturated heterocycles. The van der Waals surface area contributed by atoms with Crippen LogP contribution < -0.4 is 5.32 Å². The molecule has 0 aliphatic heterocycles. The summed E-state index contributed by atoms with van der Waals surface area (Å²) in [7, 11) is 1.89. The van der Waals surface area contributed by atoms with Crippen LogP contribution in [0.2, 0.25) is 0 Å². The molecule has 0 aliphatic rings. The Bertz CT molecular complexity index is 670. The molecular weight excluding hydrogens is 284 g/mol. The number of anilines is 1. The van der Waals surface area contributed by atoms with Gasteiger partial charge in [0.2, 0.25) is 5.91 Å². The predicted molar refractivity (Wildman–Crippen MR) is 83.1 cm³/mol. The summed E-state index contributed by atoms with van der Waals surface area (Å²) >= 11 is 1.61. The molecule has 0 bridgehead atoms. The summed E-state index contributed by atoms with van der Waals surface area (Å²) in [6.45, 7) is 1.95. The number of aromatic nitrogens is 2. The Hall–Kier alpha value is -2.26. The number of carbonyl (C=O) groups excluding carboxylic acids is 1. The molecule has 0 spiro atoms. The molecule has 1 aromatic carbocycles. The molecule has 0 atom stereocenters. The molecule has 0 unspecified atom stereocenters. The molecule has 0 radical (unpaired) electrons. The highest BCUT2D eigenvalue weighted by atomic mass is 32.2. The van der Waals surface area contributed by atoms with E-state index in [9.17, 15) is 4.79 Å². The fourth-order valence-electron chi connectivity index (χ4n) is 1.82. The van der Waals surface area contributed by atoms with Gasteiger partial charge in [-0.15, -0.1) is 11.8 Å². The number of nitrogens with zero attached hydrogens (tertiary/aromatic N) is 3. The van der Waals surface area contributed by atoms with Crippen LogP contribution in [0, 0.1) is 18.3 Å². The van der Waals surface area contributed by atoms with Crippen LogP contribution in [0.25, 0.3) is 0 Å². The third-order valence-electron chi connectivity index (χ3n) is 2.84. The van der Waals surface area contributed by atoms with Crippen LogP contribution in [0.15, 0.2) is 35.4 Å². The highest BCUT2D eigenvalue weighted by Gasteiger charge is 2.06. The number of amides is 1. The van der Waals surface area contributed by atoms with Crippen molar-refractivity contribution in [2.24, 2.45) is 7.05 Å². The van der Waals surface area contributed by atoms with E-state index in [0.29, 0.717) is 23.4 Å². The van der Waals surface area contributed by atoms with Gasteiger partial charge in [0.1, 0.15) is 0 Å². The molecule has 108 valence electrons. The maximum absolute atomic E-state index is 11.8. The topological polar surface area (TPSA) is 70.7 Å². The summed E-state index contributed by atoms with van der Waals surface area (Å²) in [5.41, 5.74) is 2.26. The molecule has 1 N–H and O–H groups in total. The molecule has 2 rings (SSSR count). The lowest BCUT2D eigenvalue weighted by Crippen LogP contribution is -2.12. The first-order chi connectivity index (χ1) is 10.1. The second kappa shape index (κ2) is 6.95. The third-order valence-corrected chi connectivity index (χ3v) is 3.92. The van der Waals surface area contributed by atoms with Crippen LogP contribution in [-0.2, 0) is 11.8 Å². The fraction of sp³-hybridized carbons (Fsp3) is 0.267. The van der Waals surface area contributed by atoms with E-state index in [-0.39, 0.29) is 5.91 Å². The fourth-order valence-corrected chi connectivity index (χ4v) is 2.80. The maximum atomic E-state index is 11.8. The van der Waals surface area contributed by atoms with Crippen LogP contribution >= 0.6 is 11.8 Å². The van der Waals surface area contributed by atoms with Gasteiger partial charge >= 0.3 is 0 Å². The van der Waals surface area contributed by atoms with Gasteiger partial charge in [-0.3, -0.25) is 9.48 Å². The number of nitriles is 1. The summed E-state index contributed by atoms with van der Waals surface area (Å²) in [6, 6.07) is 10.9. The first-order valence-electron chi connectivity index (χ1n) is 6.52. The average Bonchev–Trinajstić information content (AvgIpc) is 2.78. The predicted octanol–water partition coefficient (Wildman–Crippen LogP) is 2.72. The minimum absolute atomic E-state index is 0.0360. The van der Waals surface area contributed by atoms with Crippen molar-refractivity contribution >= 4 is 23.4 Å². The zero-order valence-electron chi connectivity index (χ0n) is 12.0. The van der Waals surface area contributed by atoms with Crippen LogP contribution in [0.4, 0.5) is 5.69 Å². The van der Waals surface area contributed by atoms with Gasteiger partial charge in [-0.05, 0) is 37.3 Å². The molecule has 0 saturated carbocycles. The van der Waals surface area contributed by atoms with E-state index in [4.69, 9.17) is 5.26 Å². The normalized spacial score (nSPS) is 10.1. The molecule has 5 nitrogen and oxygen atoms in total. The summed E-state index contributed by atoms with van der Waals surface area (Å²) < 4.78 is 1.82. The first kappa shape index (κ1) is 15.1. The number of carbonyl (C=O) groups is 1. The van der Waals surface area contributed by atoms with Crippen molar-refractivity contribution in [1.29, 1.82) is 5.26 Å². The number of hydrogen-bond donors (Lipinski definition) is 1. The third kappa shape index (κ3) is 4.36. The zero-order chi connectivity index (χ0) is 15.2. The van der Waals surface area contributed by atoms with Crippen molar-refractivity contribution in [1.82, 2.24) is 9.78 Å².